The molecule has 1 aliphatic heterocycles. The molecule has 2 heterocycles. The number of hydrogen-bond acceptors (Lipinski definition) is 2. The van der Waals surface area contributed by atoms with Crippen LogP contribution in [-0.2, 0) is 5.92 Å². The van der Waals surface area contributed by atoms with Crippen molar-refractivity contribution in [2.75, 3.05) is 13.3 Å². The molecule has 2 aromatic rings. The Balaban J connectivity index is 2.20. The highest BCUT2D eigenvalue weighted by atomic mass is 19.4. The van der Waals surface area contributed by atoms with Gasteiger partial charge in [-0.3, -0.25) is 4.98 Å². The summed E-state index contributed by atoms with van der Waals surface area (Å²) in [6.07, 6.45) is -4.34. The molecule has 162 valence electrons. The van der Waals surface area contributed by atoms with Crippen LogP contribution in [-0.4, -0.2) is 36.0 Å². The molecular formula is C19H12F9NO. The lowest BCUT2D eigenvalue weighted by atomic mass is 9.89. The van der Waals surface area contributed by atoms with Gasteiger partial charge in [-0.15, -0.1) is 0 Å². The topological polar surface area (TPSA) is 22.1 Å². The van der Waals surface area contributed by atoms with Crippen molar-refractivity contribution in [3.05, 3.63) is 65.5 Å². The smallest absolute Gasteiger partial charge is 0.460 e. The maximum atomic E-state index is 14.1. The van der Waals surface area contributed by atoms with E-state index in [1.54, 1.807) is 0 Å². The van der Waals surface area contributed by atoms with Crippen LogP contribution in [0.5, 0.6) is 5.75 Å². The van der Waals surface area contributed by atoms with E-state index < -0.39 is 42.5 Å². The Kier molecular flexibility index (Phi) is 5.28. The summed E-state index contributed by atoms with van der Waals surface area (Å²) in [7, 11) is 0. The number of pyridine rings is 1. The molecule has 0 amide bonds. The number of halogens is 9. The molecule has 0 atom stereocenters. The zero-order chi connectivity index (χ0) is 22.4. The molecule has 0 unspecified atom stereocenters. The van der Waals surface area contributed by atoms with Crippen molar-refractivity contribution in [2.24, 2.45) is 0 Å². The molecule has 2 nitrogen and oxygen atoms in total. The zero-order valence-corrected chi connectivity index (χ0v) is 14.8. The average molecular weight is 441 g/mol. The Morgan fingerprint density at radius 2 is 1.57 bits per heavy atom. The molecule has 0 spiro atoms. The highest BCUT2D eigenvalue weighted by molar-refractivity contribution is 5.83. The van der Waals surface area contributed by atoms with Crippen LogP contribution >= 0.6 is 0 Å². The molecule has 0 fully saturated rings. The van der Waals surface area contributed by atoms with Gasteiger partial charge in [0.05, 0.1) is 5.69 Å². The number of nitrogens with zero attached hydrogens (tertiary/aromatic N) is 1. The van der Waals surface area contributed by atoms with E-state index in [-0.39, 0.29) is 22.6 Å². The van der Waals surface area contributed by atoms with Crippen LogP contribution in [0.1, 0.15) is 16.8 Å². The summed E-state index contributed by atoms with van der Waals surface area (Å²) >= 11 is 0. The van der Waals surface area contributed by atoms with E-state index in [0.29, 0.717) is 18.2 Å². The Hall–Kier alpha value is -2.72. The summed E-state index contributed by atoms with van der Waals surface area (Å²) < 4.78 is 125. The van der Waals surface area contributed by atoms with Crippen molar-refractivity contribution in [1.82, 2.24) is 4.98 Å². The van der Waals surface area contributed by atoms with Crippen molar-refractivity contribution < 1.29 is 44.3 Å². The number of aromatic nitrogens is 1. The fourth-order valence-electron chi connectivity index (χ4n) is 2.87. The van der Waals surface area contributed by atoms with Gasteiger partial charge < -0.3 is 4.74 Å². The van der Waals surface area contributed by atoms with E-state index in [2.05, 4.69) is 4.98 Å². The van der Waals surface area contributed by atoms with Gasteiger partial charge in [0.2, 0.25) is 0 Å². The second-order valence-electron chi connectivity index (χ2n) is 6.56. The Morgan fingerprint density at radius 1 is 0.900 bits per heavy atom. The minimum atomic E-state index is -6.51. The fraction of sp³-hybridized carbons (Fsp3) is 0.316. The molecule has 0 saturated carbocycles. The third kappa shape index (κ3) is 3.39. The Morgan fingerprint density at radius 3 is 2.10 bits per heavy atom. The van der Waals surface area contributed by atoms with E-state index in [4.69, 9.17) is 4.74 Å². The lowest BCUT2D eigenvalue weighted by Crippen LogP contribution is -2.50. The summed E-state index contributed by atoms with van der Waals surface area (Å²) in [6, 6.07) is 5.62. The number of fused-ring (bicyclic) bond motifs is 1. The first-order valence-electron chi connectivity index (χ1n) is 8.31. The van der Waals surface area contributed by atoms with Crippen LogP contribution in [0.4, 0.5) is 39.5 Å². The van der Waals surface area contributed by atoms with Crippen LogP contribution in [0.3, 0.4) is 0 Å². The van der Waals surface area contributed by atoms with Gasteiger partial charge in [0, 0.05) is 22.9 Å². The Bertz CT molecular complexity index is 950. The average Bonchev–Trinajstić information content (AvgIpc) is 2.72. The van der Waals surface area contributed by atoms with E-state index in [1.807, 2.05) is 0 Å². The summed E-state index contributed by atoms with van der Waals surface area (Å²) in [5.41, 5.74) is -4.26. The number of ether oxygens (including phenoxy) is 1. The van der Waals surface area contributed by atoms with Crippen LogP contribution < -0.4 is 4.74 Å². The molecule has 1 aromatic carbocycles. The maximum absolute atomic E-state index is 14.1. The van der Waals surface area contributed by atoms with Gasteiger partial charge in [0.15, 0.2) is 5.60 Å². The largest absolute Gasteiger partial charge is 0.477 e. The highest BCUT2D eigenvalue weighted by Gasteiger charge is 2.73. The lowest BCUT2D eigenvalue weighted by molar-refractivity contribution is -0.359. The molecule has 30 heavy (non-hydrogen) atoms. The van der Waals surface area contributed by atoms with Gasteiger partial charge >= 0.3 is 18.0 Å². The Labute approximate surface area is 164 Å². The van der Waals surface area contributed by atoms with Gasteiger partial charge in [-0.05, 0) is 36.4 Å². The van der Waals surface area contributed by atoms with Gasteiger partial charge in [0.1, 0.15) is 19.1 Å². The molecule has 0 saturated heterocycles. The predicted molar refractivity (Wildman–Crippen MR) is 88.0 cm³/mol. The van der Waals surface area contributed by atoms with E-state index >= 15 is 0 Å². The standard InChI is InChI=1S/C19H12F9NO/c20-9-16(10-21)8-13(14-3-1-2-6-29-14)12-7-11(4-5-15(12)30-16)17(22,23)18(24,25)19(26,27)28/h1-8H,9-10H2. The quantitative estimate of drug-likeness (QED) is 0.542. The van der Waals surface area contributed by atoms with Crippen molar-refractivity contribution in [3.8, 4) is 5.75 Å². The lowest BCUT2D eigenvalue weighted by Gasteiger charge is -2.34. The summed E-state index contributed by atoms with van der Waals surface area (Å²) in [5, 5.41) is 0. The van der Waals surface area contributed by atoms with Gasteiger partial charge in [-0.1, -0.05) is 6.07 Å². The molecule has 0 N–H and O–H groups in total. The summed E-state index contributed by atoms with van der Waals surface area (Å²) in [6.45, 7) is -2.72. The third-order valence-corrected chi connectivity index (χ3v) is 4.50. The van der Waals surface area contributed by atoms with Crippen molar-refractivity contribution >= 4 is 5.57 Å². The van der Waals surface area contributed by atoms with Gasteiger partial charge in [-0.2, -0.15) is 30.7 Å². The van der Waals surface area contributed by atoms with Crippen LogP contribution in [0.25, 0.3) is 5.57 Å². The minimum absolute atomic E-state index is 0.0244. The van der Waals surface area contributed by atoms with Crippen LogP contribution in [0.2, 0.25) is 0 Å². The SMILES string of the molecule is FCC1(CF)C=C(c2ccccn2)c2cc(C(F)(F)C(F)(F)C(F)(F)F)ccc2O1. The van der Waals surface area contributed by atoms with Crippen molar-refractivity contribution in [2.45, 2.75) is 23.6 Å². The molecule has 0 bridgehead atoms. The van der Waals surface area contributed by atoms with E-state index in [1.165, 1.54) is 24.4 Å². The molecule has 3 rings (SSSR count). The number of benzene rings is 1. The zero-order valence-electron chi connectivity index (χ0n) is 14.8. The molecule has 0 radical (unpaired) electrons. The van der Waals surface area contributed by atoms with Gasteiger partial charge in [0.25, 0.3) is 0 Å². The van der Waals surface area contributed by atoms with E-state index in [0.717, 1.165) is 6.08 Å². The minimum Gasteiger partial charge on any atom is -0.477 e. The first-order chi connectivity index (χ1) is 13.9. The summed E-state index contributed by atoms with van der Waals surface area (Å²) in [5.74, 6) is -12.4. The maximum Gasteiger partial charge on any atom is 0.460 e. The summed E-state index contributed by atoms with van der Waals surface area (Å²) in [4.78, 5) is 3.93. The molecule has 1 aliphatic rings. The highest BCUT2D eigenvalue weighted by Crippen LogP contribution is 2.53. The monoisotopic (exact) mass is 441 g/mol. The van der Waals surface area contributed by atoms with Crippen molar-refractivity contribution in [3.63, 3.8) is 0 Å². The molecule has 1 aromatic heterocycles. The number of hydrogen-bond donors (Lipinski definition) is 0. The second-order valence-corrected chi connectivity index (χ2v) is 6.56. The van der Waals surface area contributed by atoms with Crippen LogP contribution in [0.15, 0.2) is 48.7 Å². The first kappa shape index (κ1) is 22.0. The normalized spacial score (nSPS) is 16.5. The van der Waals surface area contributed by atoms with E-state index in [9.17, 15) is 39.5 Å². The predicted octanol–water partition coefficient (Wildman–Crippen LogP) is 5.87. The van der Waals surface area contributed by atoms with Crippen LogP contribution in [0, 0.1) is 0 Å². The molecule has 11 heteroatoms. The number of rotatable bonds is 5. The second kappa shape index (κ2) is 7.21. The molecular weight excluding hydrogens is 429 g/mol. The first-order valence-corrected chi connectivity index (χ1v) is 8.31. The van der Waals surface area contributed by atoms with Gasteiger partial charge in [-0.25, -0.2) is 8.78 Å². The van der Waals surface area contributed by atoms with Crippen molar-refractivity contribution in [1.29, 1.82) is 0 Å². The third-order valence-electron chi connectivity index (χ3n) is 4.50. The molecule has 0 aliphatic carbocycles. The number of alkyl halides is 9. The fourth-order valence-corrected chi connectivity index (χ4v) is 2.87.